The summed E-state index contributed by atoms with van der Waals surface area (Å²) in [4.78, 5) is 25.8. The van der Waals surface area contributed by atoms with Gasteiger partial charge in [-0.25, -0.2) is 9.59 Å². The van der Waals surface area contributed by atoms with Crippen molar-refractivity contribution in [1.82, 2.24) is 0 Å². The van der Waals surface area contributed by atoms with Crippen LogP contribution in [-0.2, 0) is 0 Å². The number of benzene rings is 2. The lowest BCUT2D eigenvalue weighted by Crippen LogP contribution is -2.20. The van der Waals surface area contributed by atoms with Gasteiger partial charge in [-0.15, -0.1) is 0 Å². The van der Waals surface area contributed by atoms with Crippen LogP contribution in [0.2, 0.25) is 0 Å². The van der Waals surface area contributed by atoms with Gasteiger partial charge in [0.15, 0.2) is 0 Å². The van der Waals surface area contributed by atoms with Gasteiger partial charge in [-0.2, -0.15) is 11.3 Å². The van der Waals surface area contributed by atoms with Gasteiger partial charge < -0.3 is 19.0 Å². The van der Waals surface area contributed by atoms with E-state index in [0.29, 0.717) is 16.3 Å². The number of aromatic hydroxyl groups is 2. The van der Waals surface area contributed by atoms with E-state index in [1.54, 1.807) is 65.4 Å². The van der Waals surface area contributed by atoms with E-state index in [4.69, 9.17) is 8.83 Å². The average Bonchev–Trinajstić information content (AvgIpc) is 3.27. The van der Waals surface area contributed by atoms with Crippen molar-refractivity contribution in [3.63, 3.8) is 0 Å². The molecular weight excluding hydrogens is 404 g/mol. The highest BCUT2D eigenvalue weighted by atomic mass is 32.1. The van der Waals surface area contributed by atoms with Crippen LogP contribution in [0.25, 0.3) is 21.9 Å². The topological polar surface area (TPSA) is 101 Å². The lowest BCUT2D eigenvalue weighted by molar-refractivity contribution is 0.441. The third kappa shape index (κ3) is 2.71. The Morgan fingerprint density at radius 2 is 1.23 bits per heavy atom. The van der Waals surface area contributed by atoms with Crippen LogP contribution in [0.3, 0.4) is 0 Å². The number of thiophene rings is 1. The number of hydrogen-bond acceptors (Lipinski definition) is 7. The third-order valence-electron chi connectivity index (χ3n) is 5.09. The predicted octanol–water partition coefficient (Wildman–Crippen LogP) is 4.55. The van der Waals surface area contributed by atoms with Crippen molar-refractivity contribution >= 4 is 33.3 Å². The van der Waals surface area contributed by atoms with Crippen LogP contribution in [0, 0.1) is 0 Å². The van der Waals surface area contributed by atoms with E-state index < -0.39 is 17.2 Å². The van der Waals surface area contributed by atoms with Gasteiger partial charge in [0.25, 0.3) is 0 Å². The van der Waals surface area contributed by atoms with Crippen LogP contribution in [0.4, 0.5) is 0 Å². The van der Waals surface area contributed by atoms with Gasteiger partial charge in [0.05, 0.1) is 27.8 Å². The Labute approximate surface area is 172 Å². The maximum atomic E-state index is 12.9. The van der Waals surface area contributed by atoms with Crippen molar-refractivity contribution in [2.24, 2.45) is 0 Å². The molecule has 0 unspecified atom stereocenters. The smallest absolute Gasteiger partial charge is 0.344 e. The minimum Gasteiger partial charge on any atom is -0.507 e. The van der Waals surface area contributed by atoms with Gasteiger partial charge in [0, 0.05) is 0 Å². The first-order valence-corrected chi connectivity index (χ1v) is 10.0. The monoisotopic (exact) mass is 418 g/mol. The first kappa shape index (κ1) is 18.2. The highest BCUT2D eigenvalue weighted by molar-refractivity contribution is 7.08. The Bertz CT molecular complexity index is 1410. The van der Waals surface area contributed by atoms with Crippen LogP contribution in [0.1, 0.15) is 22.6 Å². The van der Waals surface area contributed by atoms with Crippen LogP contribution in [-0.4, -0.2) is 10.2 Å². The van der Waals surface area contributed by atoms with Gasteiger partial charge in [-0.05, 0) is 46.7 Å². The highest BCUT2D eigenvalue weighted by Crippen LogP contribution is 2.42. The molecule has 0 atom stereocenters. The molecule has 6 nitrogen and oxygen atoms in total. The molecule has 5 aromatic rings. The second-order valence-corrected chi connectivity index (χ2v) is 7.57. The van der Waals surface area contributed by atoms with Crippen molar-refractivity contribution in [1.29, 1.82) is 0 Å². The lowest BCUT2D eigenvalue weighted by atomic mass is 9.86. The summed E-state index contributed by atoms with van der Waals surface area (Å²) >= 11 is 1.36. The zero-order valence-corrected chi connectivity index (χ0v) is 16.2. The fourth-order valence-electron chi connectivity index (χ4n) is 3.72. The van der Waals surface area contributed by atoms with E-state index in [0.717, 1.165) is 0 Å². The van der Waals surface area contributed by atoms with Gasteiger partial charge in [0.1, 0.15) is 22.7 Å². The van der Waals surface area contributed by atoms with Crippen LogP contribution < -0.4 is 11.3 Å². The number of fused-ring (bicyclic) bond motifs is 2. The first-order chi connectivity index (χ1) is 14.6. The van der Waals surface area contributed by atoms with Crippen molar-refractivity contribution < 1.29 is 19.0 Å². The molecule has 0 saturated heterocycles. The second kappa shape index (κ2) is 6.89. The first-order valence-electron chi connectivity index (χ1n) is 9.07. The molecule has 148 valence electrons. The van der Waals surface area contributed by atoms with Crippen molar-refractivity contribution in [3.05, 3.63) is 103 Å². The Morgan fingerprint density at radius 3 is 1.70 bits per heavy atom. The molecule has 2 aromatic carbocycles. The Morgan fingerprint density at radius 1 is 0.733 bits per heavy atom. The molecule has 0 saturated carbocycles. The lowest BCUT2D eigenvalue weighted by Gasteiger charge is -2.18. The molecule has 0 aliphatic rings. The predicted molar refractivity (Wildman–Crippen MR) is 114 cm³/mol. The summed E-state index contributed by atoms with van der Waals surface area (Å²) in [5.41, 5.74) is -0.861. The summed E-state index contributed by atoms with van der Waals surface area (Å²) in [6, 6.07) is 14.9. The summed E-state index contributed by atoms with van der Waals surface area (Å²) in [6.07, 6.45) is 0. The maximum Gasteiger partial charge on any atom is 0.344 e. The number of rotatable bonds is 3. The van der Waals surface area contributed by atoms with E-state index in [1.165, 1.54) is 11.3 Å². The van der Waals surface area contributed by atoms with E-state index in [-0.39, 0.29) is 33.8 Å². The normalized spacial score (nSPS) is 11.5. The van der Waals surface area contributed by atoms with Crippen molar-refractivity contribution in [2.45, 2.75) is 5.92 Å². The van der Waals surface area contributed by atoms with Crippen LogP contribution in [0.5, 0.6) is 11.5 Å². The summed E-state index contributed by atoms with van der Waals surface area (Å²) in [5.74, 6) is -1.67. The van der Waals surface area contributed by atoms with Gasteiger partial charge >= 0.3 is 11.3 Å². The van der Waals surface area contributed by atoms with E-state index in [9.17, 15) is 19.8 Å². The Hall–Kier alpha value is -3.84. The summed E-state index contributed by atoms with van der Waals surface area (Å²) < 4.78 is 10.8. The standard InChI is InChI=1S/C23H14O6S/c24-20-13-5-1-3-7-15(13)28-22(26)18(20)17(12-9-10-30-11-12)19-21(25)14-6-2-4-8-16(14)29-23(19)27/h1-11,17,24-25H. The molecule has 7 heteroatoms. The SMILES string of the molecule is O=c1oc2ccccc2c(O)c1C(c1ccsc1)c1c(O)c2ccccc2oc1=O. The van der Waals surface area contributed by atoms with E-state index in [1.807, 2.05) is 0 Å². The minimum atomic E-state index is -1.07. The van der Waals surface area contributed by atoms with Gasteiger partial charge in [-0.3, -0.25) is 0 Å². The second-order valence-electron chi connectivity index (χ2n) is 6.79. The van der Waals surface area contributed by atoms with Crippen LogP contribution in [0.15, 0.2) is 83.8 Å². The molecule has 0 aliphatic heterocycles. The summed E-state index contributed by atoms with van der Waals surface area (Å²) in [6.45, 7) is 0. The van der Waals surface area contributed by atoms with E-state index >= 15 is 0 Å². The molecule has 0 fully saturated rings. The van der Waals surface area contributed by atoms with Crippen molar-refractivity contribution in [2.75, 3.05) is 0 Å². The van der Waals surface area contributed by atoms with Crippen molar-refractivity contribution in [3.8, 4) is 11.5 Å². The Kier molecular flexibility index (Phi) is 4.18. The molecule has 2 N–H and O–H groups in total. The zero-order valence-electron chi connectivity index (χ0n) is 15.4. The molecule has 3 aromatic heterocycles. The van der Waals surface area contributed by atoms with Crippen LogP contribution >= 0.6 is 11.3 Å². The molecule has 5 rings (SSSR count). The molecular formula is C23H14O6S. The molecule has 0 aliphatic carbocycles. The molecule has 0 radical (unpaired) electrons. The molecule has 0 spiro atoms. The Balaban J connectivity index is 1.90. The molecule has 0 amide bonds. The number of para-hydroxylation sites is 2. The molecule has 30 heavy (non-hydrogen) atoms. The molecule has 3 heterocycles. The zero-order chi connectivity index (χ0) is 20.8. The van der Waals surface area contributed by atoms with Gasteiger partial charge in [0.2, 0.25) is 0 Å². The number of hydrogen-bond donors (Lipinski definition) is 2. The van der Waals surface area contributed by atoms with E-state index in [2.05, 4.69) is 0 Å². The fourth-order valence-corrected chi connectivity index (χ4v) is 4.41. The fraction of sp³-hybridized carbons (Fsp3) is 0.0435. The maximum absolute atomic E-state index is 12.9. The quantitative estimate of drug-likeness (QED) is 0.417. The largest absolute Gasteiger partial charge is 0.507 e. The average molecular weight is 418 g/mol. The third-order valence-corrected chi connectivity index (χ3v) is 5.80. The van der Waals surface area contributed by atoms with Gasteiger partial charge in [-0.1, -0.05) is 24.3 Å². The highest BCUT2D eigenvalue weighted by Gasteiger charge is 2.32. The molecule has 0 bridgehead atoms. The summed E-state index contributed by atoms with van der Waals surface area (Å²) in [7, 11) is 0. The summed E-state index contributed by atoms with van der Waals surface area (Å²) in [5, 5.41) is 26.2. The minimum absolute atomic E-state index is 0.134.